The second-order valence-corrected chi connectivity index (χ2v) is 3.27. The predicted molar refractivity (Wildman–Crippen MR) is 52.3 cm³/mol. The zero-order valence-electron chi connectivity index (χ0n) is 8.62. The minimum Gasteiger partial charge on any atom is -1.00 e. The zero-order chi connectivity index (χ0) is 9.52. The number of rotatable bonds is 5. The molecule has 14 heavy (non-hydrogen) atoms. The van der Waals surface area contributed by atoms with Crippen molar-refractivity contribution >= 4 is 0 Å². The average molecular weight is 216 g/mol. The van der Waals surface area contributed by atoms with Crippen molar-refractivity contribution in [1.29, 1.82) is 0 Å². The Kier molecular flexibility index (Phi) is 7.44. The average Bonchev–Trinajstić information content (AvgIpc) is 2.17. The molecule has 0 unspecified atom stereocenters. The molecule has 0 aliphatic carbocycles. The minimum atomic E-state index is 0. The summed E-state index contributed by atoms with van der Waals surface area (Å²) in [4.78, 5) is 0. The van der Waals surface area contributed by atoms with Crippen molar-refractivity contribution in [2.75, 3.05) is 6.61 Å². The van der Waals surface area contributed by atoms with Crippen LogP contribution in [0, 0.1) is 0 Å². The standard InChI is InChI=1S/C11H18NO.ClH/c1-2-3-4-11-5-7-12(8-6-11)9-10-13;/h5-8,13H,2-4,9-10H2,1H3;1H/q+1;/p-1. The molecule has 80 valence electrons. The molecule has 1 heterocycles. The lowest BCUT2D eigenvalue weighted by molar-refractivity contribution is -0.698. The number of halogens is 1. The molecule has 0 amide bonds. The zero-order valence-corrected chi connectivity index (χ0v) is 9.37. The third-order valence-electron chi connectivity index (χ3n) is 2.14. The normalized spacial score (nSPS) is 9.57. The highest BCUT2D eigenvalue weighted by molar-refractivity contribution is 5.06. The van der Waals surface area contributed by atoms with Crippen LogP contribution in [-0.4, -0.2) is 11.7 Å². The number of hydrogen-bond acceptors (Lipinski definition) is 1. The van der Waals surface area contributed by atoms with Crippen molar-refractivity contribution in [2.45, 2.75) is 32.7 Å². The number of hydrogen-bond donors (Lipinski definition) is 1. The SMILES string of the molecule is CCCCc1cc[n+](CCO)cc1.[Cl-]. The Morgan fingerprint density at radius 3 is 2.43 bits per heavy atom. The molecule has 0 saturated carbocycles. The highest BCUT2D eigenvalue weighted by atomic mass is 35.5. The lowest BCUT2D eigenvalue weighted by Gasteiger charge is -1.98. The third-order valence-corrected chi connectivity index (χ3v) is 2.14. The second-order valence-electron chi connectivity index (χ2n) is 3.27. The Labute approximate surface area is 92.0 Å². The number of unbranched alkanes of at least 4 members (excludes halogenated alkanes) is 1. The lowest BCUT2D eigenvalue weighted by atomic mass is 10.1. The Morgan fingerprint density at radius 1 is 1.29 bits per heavy atom. The van der Waals surface area contributed by atoms with Crippen LogP contribution in [0.2, 0.25) is 0 Å². The fourth-order valence-corrected chi connectivity index (χ4v) is 1.30. The number of aliphatic hydroxyl groups excluding tert-OH is 1. The van der Waals surface area contributed by atoms with Gasteiger partial charge < -0.3 is 17.5 Å². The van der Waals surface area contributed by atoms with E-state index in [0.29, 0.717) is 6.54 Å². The van der Waals surface area contributed by atoms with Gasteiger partial charge in [-0.15, -0.1) is 0 Å². The molecule has 1 aromatic heterocycles. The summed E-state index contributed by atoms with van der Waals surface area (Å²) < 4.78 is 2.00. The van der Waals surface area contributed by atoms with Crippen molar-refractivity contribution in [1.82, 2.24) is 0 Å². The van der Waals surface area contributed by atoms with E-state index in [1.807, 2.05) is 17.0 Å². The molecule has 0 aliphatic rings. The molecular formula is C11H18ClNO. The number of aryl methyl sites for hydroxylation is 1. The summed E-state index contributed by atoms with van der Waals surface area (Å²) in [7, 11) is 0. The van der Waals surface area contributed by atoms with Crippen molar-refractivity contribution in [3.8, 4) is 0 Å². The first-order valence-electron chi connectivity index (χ1n) is 4.95. The van der Waals surface area contributed by atoms with Gasteiger partial charge in [0.05, 0.1) is 0 Å². The maximum atomic E-state index is 8.71. The molecule has 0 radical (unpaired) electrons. The Bertz CT molecular complexity index is 236. The minimum absolute atomic E-state index is 0. The fourth-order valence-electron chi connectivity index (χ4n) is 1.30. The predicted octanol–water partition coefficient (Wildman–Crippen LogP) is -1.69. The van der Waals surface area contributed by atoms with Gasteiger partial charge in [0, 0.05) is 12.1 Å². The largest absolute Gasteiger partial charge is 1.00 e. The summed E-state index contributed by atoms with van der Waals surface area (Å²) in [6.07, 6.45) is 7.72. The molecule has 0 aromatic carbocycles. The van der Waals surface area contributed by atoms with Crippen LogP contribution in [0.25, 0.3) is 0 Å². The Balaban J connectivity index is 0.00000169. The molecule has 0 saturated heterocycles. The van der Waals surface area contributed by atoms with Crippen LogP contribution in [0.3, 0.4) is 0 Å². The lowest BCUT2D eigenvalue weighted by Crippen LogP contribution is -3.00. The molecule has 1 aromatic rings. The molecule has 1 N–H and O–H groups in total. The van der Waals surface area contributed by atoms with E-state index in [0.717, 1.165) is 6.42 Å². The van der Waals surface area contributed by atoms with Gasteiger partial charge in [0.2, 0.25) is 0 Å². The van der Waals surface area contributed by atoms with E-state index in [4.69, 9.17) is 5.11 Å². The molecule has 0 aliphatic heterocycles. The van der Waals surface area contributed by atoms with E-state index in [2.05, 4.69) is 19.1 Å². The van der Waals surface area contributed by atoms with Crippen LogP contribution < -0.4 is 17.0 Å². The molecule has 0 spiro atoms. The molecular weight excluding hydrogens is 198 g/mol. The summed E-state index contributed by atoms with van der Waals surface area (Å²) in [6, 6.07) is 4.26. The molecule has 1 rings (SSSR count). The van der Waals surface area contributed by atoms with Gasteiger partial charge in [0.15, 0.2) is 18.9 Å². The Morgan fingerprint density at radius 2 is 1.93 bits per heavy atom. The van der Waals surface area contributed by atoms with Gasteiger partial charge in [-0.05, 0) is 18.4 Å². The van der Waals surface area contributed by atoms with Crippen molar-refractivity contribution in [3.63, 3.8) is 0 Å². The number of aromatic nitrogens is 1. The van der Waals surface area contributed by atoms with Crippen molar-refractivity contribution < 1.29 is 22.1 Å². The highest BCUT2D eigenvalue weighted by Gasteiger charge is 1.98. The van der Waals surface area contributed by atoms with Gasteiger partial charge in [-0.25, -0.2) is 4.57 Å². The van der Waals surface area contributed by atoms with Crippen LogP contribution in [0.1, 0.15) is 25.3 Å². The van der Waals surface area contributed by atoms with Crippen LogP contribution in [0.15, 0.2) is 24.5 Å². The van der Waals surface area contributed by atoms with Gasteiger partial charge >= 0.3 is 0 Å². The summed E-state index contributed by atoms with van der Waals surface area (Å²) in [5.74, 6) is 0. The van der Waals surface area contributed by atoms with Crippen LogP contribution in [0.5, 0.6) is 0 Å². The molecule has 0 fully saturated rings. The highest BCUT2D eigenvalue weighted by Crippen LogP contribution is 2.01. The van der Waals surface area contributed by atoms with Crippen LogP contribution in [0.4, 0.5) is 0 Å². The van der Waals surface area contributed by atoms with Gasteiger partial charge in [-0.2, -0.15) is 0 Å². The van der Waals surface area contributed by atoms with Crippen molar-refractivity contribution in [2.24, 2.45) is 0 Å². The van der Waals surface area contributed by atoms with E-state index in [-0.39, 0.29) is 19.0 Å². The summed E-state index contributed by atoms with van der Waals surface area (Å²) in [5.41, 5.74) is 1.39. The second kappa shape index (κ2) is 7.77. The number of nitrogens with zero attached hydrogens (tertiary/aromatic N) is 1. The van der Waals surface area contributed by atoms with E-state index in [9.17, 15) is 0 Å². The molecule has 0 bridgehead atoms. The summed E-state index contributed by atoms with van der Waals surface area (Å²) in [6.45, 7) is 3.10. The van der Waals surface area contributed by atoms with E-state index < -0.39 is 0 Å². The van der Waals surface area contributed by atoms with Crippen LogP contribution >= 0.6 is 0 Å². The number of aliphatic hydroxyl groups is 1. The molecule has 3 heteroatoms. The van der Waals surface area contributed by atoms with E-state index in [1.54, 1.807) is 0 Å². The third kappa shape index (κ3) is 4.58. The molecule has 2 nitrogen and oxygen atoms in total. The fraction of sp³-hybridized carbons (Fsp3) is 0.545. The maximum absolute atomic E-state index is 8.71. The monoisotopic (exact) mass is 215 g/mol. The quantitative estimate of drug-likeness (QED) is 0.583. The van der Waals surface area contributed by atoms with Crippen molar-refractivity contribution in [3.05, 3.63) is 30.1 Å². The summed E-state index contributed by atoms with van der Waals surface area (Å²) >= 11 is 0. The topological polar surface area (TPSA) is 24.1 Å². The first-order chi connectivity index (χ1) is 6.36. The van der Waals surface area contributed by atoms with Crippen LogP contribution in [-0.2, 0) is 13.0 Å². The summed E-state index contributed by atoms with van der Waals surface area (Å²) in [5, 5.41) is 8.71. The van der Waals surface area contributed by atoms with Gasteiger partial charge in [0.1, 0.15) is 6.61 Å². The maximum Gasteiger partial charge on any atom is 0.171 e. The smallest absolute Gasteiger partial charge is 0.171 e. The first-order valence-corrected chi connectivity index (χ1v) is 4.95. The van der Waals surface area contributed by atoms with Gasteiger partial charge in [-0.1, -0.05) is 13.3 Å². The van der Waals surface area contributed by atoms with Gasteiger partial charge in [-0.3, -0.25) is 0 Å². The molecule has 0 atom stereocenters. The van der Waals surface area contributed by atoms with E-state index >= 15 is 0 Å². The number of pyridine rings is 1. The van der Waals surface area contributed by atoms with Gasteiger partial charge in [0.25, 0.3) is 0 Å². The Hall–Kier alpha value is -0.600. The van der Waals surface area contributed by atoms with E-state index in [1.165, 1.54) is 18.4 Å². The first kappa shape index (κ1) is 13.4.